The molecule has 1 aromatic rings. The van der Waals surface area contributed by atoms with Gasteiger partial charge in [0.15, 0.2) is 5.13 Å². The Balaban J connectivity index is 2.12. The molecule has 7 nitrogen and oxygen atoms in total. The summed E-state index contributed by atoms with van der Waals surface area (Å²) >= 11 is 1.25. The van der Waals surface area contributed by atoms with E-state index in [2.05, 4.69) is 15.2 Å². The molecule has 0 bridgehead atoms. The minimum Gasteiger partial charge on any atom is -0.394 e. The summed E-state index contributed by atoms with van der Waals surface area (Å²) in [4.78, 5) is 19.0. The van der Waals surface area contributed by atoms with Gasteiger partial charge < -0.3 is 26.2 Å². The molecule has 0 atom stereocenters. The van der Waals surface area contributed by atoms with E-state index in [-0.39, 0.29) is 19.0 Å². The second kappa shape index (κ2) is 6.59. The van der Waals surface area contributed by atoms with E-state index in [1.54, 1.807) is 6.92 Å². The monoisotopic (exact) mass is 314 g/mol. The smallest absolute Gasteiger partial charge is 0.265 e. The van der Waals surface area contributed by atoms with Crippen LogP contribution in [0.2, 0.25) is 0 Å². The molecular formula is C13H22N4O3S. The first-order chi connectivity index (χ1) is 9.99. The zero-order valence-electron chi connectivity index (χ0n) is 12.1. The van der Waals surface area contributed by atoms with E-state index in [1.807, 2.05) is 0 Å². The molecule has 1 saturated heterocycles. The number of thiazole rings is 1. The maximum absolute atomic E-state index is 12.2. The summed E-state index contributed by atoms with van der Waals surface area (Å²) < 4.78 is 0. The molecule has 21 heavy (non-hydrogen) atoms. The van der Waals surface area contributed by atoms with Crippen LogP contribution in [0.15, 0.2) is 0 Å². The van der Waals surface area contributed by atoms with E-state index in [9.17, 15) is 15.0 Å². The number of aliphatic hydroxyl groups is 2. The quantitative estimate of drug-likeness (QED) is 0.617. The number of aromatic nitrogens is 1. The molecule has 8 heteroatoms. The van der Waals surface area contributed by atoms with E-state index in [4.69, 9.17) is 5.73 Å². The zero-order valence-corrected chi connectivity index (χ0v) is 12.9. The molecule has 1 aliphatic heterocycles. The van der Waals surface area contributed by atoms with Gasteiger partial charge in [0.1, 0.15) is 10.7 Å². The van der Waals surface area contributed by atoms with Crippen LogP contribution in [-0.2, 0) is 0 Å². The standard InChI is InChI=1S/C13H22N4O3S/c1-13(7-18,8-19)16-11(20)9-10(14)15-12(21-9)17-5-3-2-4-6-17/h18-19H,2-8,14H2,1H3,(H,16,20). The van der Waals surface area contributed by atoms with Gasteiger partial charge in [0.05, 0.1) is 18.8 Å². The van der Waals surface area contributed by atoms with Crippen molar-refractivity contribution in [2.75, 3.05) is 36.9 Å². The average molecular weight is 314 g/mol. The van der Waals surface area contributed by atoms with Gasteiger partial charge in [-0.05, 0) is 26.2 Å². The van der Waals surface area contributed by atoms with Crippen molar-refractivity contribution < 1.29 is 15.0 Å². The Bertz CT molecular complexity index is 496. The number of piperidine rings is 1. The fraction of sp³-hybridized carbons (Fsp3) is 0.692. The largest absolute Gasteiger partial charge is 0.394 e. The minimum atomic E-state index is -1.07. The van der Waals surface area contributed by atoms with Gasteiger partial charge in [0.2, 0.25) is 0 Å². The molecule has 1 aliphatic rings. The number of hydrogen-bond donors (Lipinski definition) is 4. The number of carbonyl (C=O) groups is 1. The first-order valence-electron chi connectivity index (χ1n) is 7.04. The fourth-order valence-electron chi connectivity index (χ4n) is 2.16. The number of aliphatic hydroxyl groups excluding tert-OH is 2. The van der Waals surface area contributed by atoms with Gasteiger partial charge in [-0.15, -0.1) is 0 Å². The molecule has 1 amide bonds. The van der Waals surface area contributed by atoms with Crippen molar-refractivity contribution in [3.8, 4) is 0 Å². The first-order valence-corrected chi connectivity index (χ1v) is 7.86. The molecule has 0 aliphatic carbocycles. The summed E-state index contributed by atoms with van der Waals surface area (Å²) in [6.45, 7) is 2.71. The molecule has 0 unspecified atom stereocenters. The molecule has 118 valence electrons. The number of amides is 1. The number of rotatable bonds is 5. The van der Waals surface area contributed by atoms with Crippen LogP contribution in [-0.4, -0.2) is 52.9 Å². The Hall–Kier alpha value is -1.38. The average Bonchev–Trinajstić information content (AvgIpc) is 2.90. The van der Waals surface area contributed by atoms with E-state index in [0.717, 1.165) is 31.1 Å². The Morgan fingerprint density at radius 2 is 2.00 bits per heavy atom. The molecule has 0 spiro atoms. The van der Waals surface area contributed by atoms with Crippen molar-refractivity contribution >= 4 is 28.2 Å². The Kier molecular flexibility index (Phi) is 5.02. The van der Waals surface area contributed by atoms with Gasteiger partial charge in [-0.3, -0.25) is 4.79 Å². The summed E-state index contributed by atoms with van der Waals surface area (Å²) in [5, 5.41) is 21.8. The minimum absolute atomic E-state index is 0.191. The molecule has 1 aromatic heterocycles. The predicted molar refractivity (Wildman–Crippen MR) is 82.6 cm³/mol. The molecular weight excluding hydrogens is 292 g/mol. The summed E-state index contributed by atoms with van der Waals surface area (Å²) in [6.07, 6.45) is 3.46. The topological polar surface area (TPSA) is 112 Å². The highest BCUT2D eigenvalue weighted by atomic mass is 32.1. The lowest BCUT2D eigenvalue weighted by Gasteiger charge is -2.26. The second-order valence-corrected chi connectivity index (χ2v) is 6.57. The van der Waals surface area contributed by atoms with Crippen LogP contribution in [0.25, 0.3) is 0 Å². The lowest BCUT2D eigenvalue weighted by molar-refractivity contribution is 0.0728. The number of nitrogens with one attached hydrogen (secondary N) is 1. The van der Waals surface area contributed by atoms with Gasteiger partial charge in [0, 0.05) is 13.1 Å². The van der Waals surface area contributed by atoms with Crippen LogP contribution in [0.4, 0.5) is 10.9 Å². The van der Waals surface area contributed by atoms with Crippen LogP contribution in [0.1, 0.15) is 35.9 Å². The van der Waals surface area contributed by atoms with Crippen molar-refractivity contribution in [3.05, 3.63) is 4.88 Å². The van der Waals surface area contributed by atoms with Gasteiger partial charge >= 0.3 is 0 Å². The van der Waals surface area contributed by atoms with Crippen LogP contribution in [0, 0.1) is 0 Å². The third-order valence-electron chi connectivity index (χ3n) is 3.59. The lowest BCUT2D eigenvalue weighted by Crippen LogP contribution is -2.51. The highest BCUT2D eigenvalue weighted by Crippen LogP contribution is 2.30. The van der Waals surface area contributed by atoms with Gasteiger partial charge in [0.25, 0.3) is 5.91 Å². The molecule has 5 N–H and O–H groups in total. The highest BCUT2D eigenvalue weighted by molar-refractivity contribution is 7.18. The van der Waals surface area contributed by atoms with E-state index in [0.29, 0.717) is 4.88 Å². The van der Waals surface area contributed by atoms with Crippen LogP contribution >= 0.6 is 11.3 Å². The number of nitrogens with two attached hydrogens (primary N) is 1. The van der Waals surface area contributed by atoms with Gasteiger partial charge in [-0.2, -0.15) is 0 Å². The molecule has 1 fully saturated rings. The fourth-order valence-corrected chi connectivity index (χ4v) is 3.10. The maximum Gasteiger partial charge on any atom is 0.265 e. The van der Waals surface area contributed by atoms with E-state index < -0.39 is 11.4 Å². The van der Waals surface area contributed by atoms with Crippen molar-refractivity contribution in [2.24, 2.45) is 0 Å². The maximum atomic E-state index is 12.2. The normalized spacial score (nSPS) is 16.0. The first kappa shape index (κ1) is 16.0. The van der Waals surface area contributed by atoms with Crippen molar-refractivity contribution in [1.29, 1.82) is 0 Å². The molecule has 2 heterocycles. The Labute approximate surface area is 127 Å². The van der Waals surface area contributed by atoms with Gasteiger partial charge in [-0.25, -0.2) is 4.98 Å². The van der Waals surface area contributed by atoms with Crippen LogP contribution in [0.3, 0.4) is 0 Å². The molecule has 2 rings (SSSR count). The lowest BCUT2D eigenvalue weighted by atomic mass is 10.1. The number of carbonyl (C=O) groups excluding carboxylic acids is 1. The summed E-state index contributed by atoms with van der Waals surface area (Å²) in [7, 11) is 0. The highest BCUT2D eigenvalue weighted by Gasteiger charge is 2.28. The Morgan fingerprint density at radius 3 is 2.57 bits per heavy atom. The Morgan fingerprint density at radius 1 is 1.38 bits per heavy atom. The van der Waals surface area contributed by atoms with Crippen molar-refractivity contribution in [2.45, 2.75) is 31.7 Å². The third-order valence-corrected chi connectivity index (χ3v) is 4.72. The predicted octanol–water partition coefficient (Wildman–Crippen LogP) is 0.189. The second-order valence-electron chi connectivity index (χ2n) is 5.59. The SMILES string of the molecule is CC(CO)(CO)NC(=O)c1sc(N2CCCCC2)nc1N. The summed E-state index contributed by atoms with van der Waals surface area (Å²) in [5.74, 6) is -0.227. The van der Waals surface area contributed by atoms with E-state index in [1.165, 1.54) is 17.8 Å². The summed E-state index contributed by atoms with van der Waals surface area (Å²) in [6, 6.07) is 0. The van der Waals surface area contributed by atoms with Crippen molar-refractivity contribution in [1.82, 2.24) is 10.3 Å². The van der Waals surface area contributed by atoms with E-state index >= 15 is 0 Å². The number of nitrogens with zero attached hydrogens (tertiary/aromatic N) is 2. The summed E-state index contributed by atoms with van der Waals surface area (Å²) in [5.41, 5.74) is 4.77. The van der Waals surface area contributed by atoms with Gasteiger partial charge in [-0.1, -0.05) is 11.3 Å². The number of anilines is 2. The molecule has 0 radical (unpaired) electrons. The molecule has 0 saturated carbocycles. The zero-order chi connectivity index (χ0) is 15.5. The number of nitrogen functional groups attached to an aromatic ring is 1. The third kappa shape index (κ3) is 3.63. The molecule has 0 aromatic carbocycles. The number of hydrogen-bond acceptors (Lipinski definition) is 7. The van der Waals surface area contributed by atoms with Crippen LogP contribution < -0.4 is 16.0 Å². The van der Waals surface area contributed by atoms with Crippen LogP contribution in [0.5, 0.6) is 0 Å². The van der Waals surface area contributed by atoms with Crippen molar-refractivity contribution in [3.63, 3.8) is 0 Å².